The molecule has 0 atom stereocenters. The third-order valence-corrected chi connectivity index (χ3v) is 4.37. The fourth-order valence-electron chi connectivity index (χ4n) is 2.94. The third kappa shape index (κ3) is 7.91. The van der Waals surface area contributed by atoms with Gasteiger partial charge in [0.2, 0.25) is 0 Å². The van der Waals surface area contributed by atoms with Crippen LogP contribution in [0.25, 0.3) is 0 Å². The lowest BCUT2D eigenvalue weighted by molar-refractivity contribution is 0.309. The summed E-state index contributed by atoms with van der Waals surface area (Å²) in [5.74, 6) is 0. The molecule has 1 aromatic rings. The van der Waals surface area contributed by atoms with Gasteiger partial charge < -0.3 is 10.0 Å². The van der Waals surface area contributed by atoms with Gasteiger partial charge in [-0.05, 0) is 43.1 Å². The minimum Gasteiger partial charge on any atom is -0.392 e. The van der Waals surface area contributed by atoms with E-state index in [2.05, 4.69) is 33.3 Å². The summed E-state index contributed by atoms with van der Waals surface area (Å²) in [5, 5.41) is 27.5. The lowest BCUT2D eigenvalue weighted by Gasteiger charge is -2.28. The van der Waals surface area contributed by atoms with Crippen molar-refractivity contribution in [2.45, 2.75) is 19.3 Å². The molecule has 0 unspecified atom stereocenters. The number of rotatable bonds is 11. The molecule has 0 spiro atoms. The van der Waals surface area contributed by atoms with Gasteiger partial charge in [0.1, 0.15) is 12.7 Å². The van der Waals surface area contributed by atoms with Crippen molar-refractivity contribution in [3.8, 4) is 6.07 Å². The molecule has 1 aliphatic heterocycles. The number of likely N-dealkylation sites (tertiary alicyclic amines) is 1. The van der Waals surface area contributed by atoms with Crippen molar-refractivity contribution in [1.82, 2.24) is 25.2 Å². The zero-order valence-corrected chi connectivity index (χ0v) is 17.1. The number of nitriles is 1. The van der Waals surface area contributed by atoms with Gasteiger partial charge in [0.25, 0.3) is 0 Å². The Kier molecular flexibility index (Phi) is 10.5. The van der Waals surface area contributed by atoms with Gasteiger partial charge in [-0.1, -0.05) is 30.9 Å². The second-order valence-corrected chi connectivity index (χ2v) is 6.54. The fraction of sp³-hybridized carbons (Fsp3) is 0.318. The van der Waals surface area contributed by atoms with Crippen molar-refractivity contribution in [3.05, 3.63) is 85.3 Å². The Balaban J connectivity index is 2.27. The van der Waals surface area contributed by atoms with Gasteiger partial charge in [-0.3, -0.25) is 0 Å². The number of hydrogen-bond acceptors (Lipinski definition) is 7. The average Bonchev–Trinajstić information content (AvgIpc) is 3.30. The molecule has 0 saturated carbocycles. The molecule has 2 N–H and O–H groups in total. The van der Waals surface area contributed by atoms with Crippen molar-refractivity contribution < 1.29 is 5.11 Å². The van der Waals surface area contributed by atoms with Crippen LogP contribution in [-0.2, 0) is 0 Å². The van der Waals surface area contributed by atoms with Crippen LogP contribution in [0.15, 0.2) is 85.3 Å². The molecule has 30 heavy (non-hydrogen) atoms. The SMILES string of the molecule is C=C/C=C(\C=C/CO)CNN(C(/C=C/N1CCCCC1)=C/C=C/C#N)n1cnnc1. The number of nitrogens with zero attached hydrogens (tertiary/aromatic N) is 6. The summed E-state index contributed by atoms with van der Waals surface area (Å²) in [5.41, 5.74) is 5.08. The van der Waals surface area contributed by atoms with Crippen molar-refractivity contribution in [2.75, 3.05) is 31.4 Å². The molecule has 0 amide bonds. The fourth-order valence-corrected chi connectivity index (χ4v) is 2.94. The summed E-state index contributed by atoms with van der Waals surface area (Å²) in [6.07, 6.45) is 22.9. The van der Waals surface area contributed by atoms with Crippen LogP contribution in [0.2, 0.25) is 0 Å². The molecule has 0 aliphatic carbocycles. The van der Waals surface area contributed by atoms with E-state index in [1.807, 2.05) is 30.4 Å². The number of aromatic nitrogens is 3. The zero-order chi connectivity index (χ0) is 21.4. The summed E-state index contributed by atoms with van der Waals surface area (Å²) in [4.78, 5) is 2.29. The molecule has 1 saturated heterocycles. The predicted octanol–water partition coefficient (Wildman–Crippen LogP) is 2.34. The minimum atomic E-state index is -0.0354. The van der Waals surface area contributed by atoms with Gasteiger partial charge in [0, 0.05) is 31.9 Å². The van der Waals surface area contributed by atoms with E-state index in [1.165, 1.54) is 25.3 Å². The highest BCUT2D eigenvalue weighted by Gasteiger charge is 2.11. The van der Waals surface area contributed by atoms with Crippen LogP contribution in [0.3, 0.4) is 0 Å². The molecule has 158 valence electrons. The predicted molar refractivity (Wildman–Crippen MR) is 118 cm³/mol. The molecule has 0 aromatic carbocycles. The molecular formula is C22H29N7O. The average molecular weight is 408 g/mol. The maximum absolute atomic E-state index is 9.07. The van der Waals surface area contributed by atoms with Crippen molar-refractivity contribution in [2.24, 2.45) is 0 Å². The Bertz CT molecular complexity index is 822. The molecule has 2 heterocycles. The maximum Gasteiger partial charge on any atom is 0.140 e. The van der Waals surface area contributed by atoms with Crippen LogP contribution in [0.4, 0.5) is 0 Å². The normalized spacial score (nSPS) is 15.9. The quantitative estimate of drug-likeness (QED) is 0.330. The van der Waals surface area contributed by atoms with Gasteiger partial charge >= 0.3 is 0 Å². The van der Waals surface area contributed by atoms with Crippen molar-refractivity contribution in [3.63, 3.8) is 0 Å². The number of piperidine rings is 1. The van der Waals surface area contributed by atoms with E-state index in [-0.39, 0.29) is 6.61 Å². The van der Waals surface area contributed by atoms with Crippen molar-refractivity contribution >= 4 is 0 Å². The summed E-state index contributed by atoms with van der Waals surface area (Å²) in [6.45, 7) is 6.25. The third-order valence-electron chi connectivity index (χ3n) is 4.37. The molecule has 1 fully saturated rings. The first-order valence-corrected chi connectivity index (χ1v) is 9.94. The van der Waals surface area contributed by atoms with Gasteiger partial charge in [-0.15, -0.1) is 10.2 Å². The largest absolute Gasteiger partial charge is 0.392 e. The molecule has 0 bridgehead atoms. The van der Waals surface area contributed by atoms with E-state index in [0.717, 1.165) is 24.4 Å². The summed E-state index contributed by atoms with van der Waals surface area (Å²) in [7, 11) is 0. The summed E-state index contributed by atoms with van der Waals surface area (Å²) in [6, 6.07) is 2.01. The number of aliphatic hydroxyl groups excluding tert-OH is 1. The highest BCUT2D eigenvalue weighted by Crippen LogP contribution is 2.11. The Labute approximate surface area is 178 Å². The second-order valence-electron chi connectivity index (χ2n) is 6.54. The van der Waals surface area contributed by atoms with Gasteiger partial charge in [0.15, 0.2) is 0 Å². The zero-order valence-electron chi connectivity index (χ0n) is 17.1. The standard InChI is InChI=1S/C22H29N7O/c1-2-9-21(10-8-17-30)18-26-29(28-19-24-25-20-28)22(11-4-5-13-23)12-16-27-14-6-3-7-15-27/h2,4-5,8-12,16,19-20,26,30H,1,3,6-7,14-15,17-18H2/b5-4+,10-8-,16-12+,21-9+,22-11+. The Morgan fingerprint density at radius 1 is 1.20 bits per heavy atom. The molecule has 2 rings (SSSR count). The molecule has 1 aliphatic rings. The molecule has 8 heteroatoms. The van der Waals surface area contributed by atoms with Crippen LogP contribution in [0.1, 0.15) is 19.3 Å². The first-order chi connectivity index (χ1) is 14.8. The number of nitrogens with one attached hydrogen (secondary N) is 1. The number of hydrogen-bond donors (Lipinski definition) is 2. The van der Waals surface area contributed by atoms with Gasteiger partial charge in [-0.25, -0.2) is 15.2 Å². The van der Waals surface area contributed by atoms with E-state index >= 15 is 0 Å². The second kappa shape index (κ2) is 13.7. The highest BCUT2D eigenvalue weighted by molar-refractivity contribution is 5.32. The molecule has 0 radical (unpaired) electrons. The molecule has 8 nitrogen and oxygen atoms in total. The van der Waals surface area contributed by atoms with Crippen LogP contribution in [0, 0.1) is 11.3 Å². The first-order valence-electron chi connectivity index (χ1n) is 9.94. The Morgan fingerprint density at radius 2 is 1.97 bits per heavy atom. The molecular weight excluding hydrogens is 378 g/mol. The van der Waals surface area contributed by atoms with Crippen LogP contribution in [0.5, 0.6) is 0 Å². The number of allylic oxidation sites excluding steroid dienone is 6. The molecule has 1 aromatic heterocycles. The van der Waals surface area contributed by atoms with E-state index in [9.17, 15) is 0 Å². The van der Waals surface area contributed by atoms with E-state index in [0.29, 0.717) is 6.54 Å². The monoisotopic (exact) mass is 407 g/mol. The van der Waals surface area contributed by atoms with Crippen LogP contribution >= 0.6 is 0 Å². The highest BCUT2D eigenvalue weighted by atomic mass is 16.2. The topological polar surface area (TPSA) is 93.2 Å². The van der Waals surface area contributed by atoms with Gasteiger partial charge in [0.05, 0.1) is 18.4 Å². The number of aliphatic hydroxyl groups is 1. The Hall–Kier alpha value is -3.41. The first kappa shape index (κ1) is 22.9. The lowest BCUT2D eigenvalue weighted by Crippen LogP contribution is -2.45. The van der Waals surface area contributed by atoms with Gasteiger partial charge in [-0.2, -0.15) is 5.26 Å². The lowest BCUT2D eigenvalue weighted by atomic mass is 10.1. The van der Waals surface area contributed by atoms with E-state index < -0.39 is 0 Å². The maximum atomic E-state index is 9.07. The Morgan fingerprint density at radius 3 is 2.63 bits per heavy atom. The van der Waals surface area contributed by atoms with Crippen molar-refractivity contribution in [1.29, 1.82) is 5.26 Å². The minimum absolute atomic E-state index is 0.0354. The summed E-state index contributed by atoms with van der Waals surface area (Å²) < 4.78 is 1.72. The summed E-state index contributed by atoms with van der Waals surface area (Å²) >= 11 is 0. The van der Waals surface area contributed by atoms with Crippen LogP contribution < -0.4 is 10.5 Å². The van der Waals surface area contributed by atoms with Crippen LogP contribution in [-0.4, -0.2) is 51.1 Å². The smallest absolute Gasteiger partial charge is 0.140 e. The number of hydrazine groups is 1. The van der Waals surface area contributed by atoms with E-state index in [4.69, 9.17) is 10.4 Å². The van der Waals surface area contributed by atoms with E-state index in [1.54, 1.807) is 40.7 Å².